The predicted octanol–water partition coefficient (Wildman–Crippen LogP) is 4.19. The van der Waals surface area contributed by atoms with E-state index >= 15 is 0 Å². The Bertz CT molecular complexity index is 1220. The zero-order valence-corrected chi connectivity index (χ0v) is 16.5. The molecule has 0 bridgehead atoms. The van der Waals surface area contributed by atoms with Gasteiger partial charge in [0.25, 0.3) is 0 Å². The van der Waals surface area contributed by atoms with Crippen molar-refractivity contribution in [3.05, 3.63) is 72.2 Å². The van der Waals surface area contributed by atoms with Crippen LogP contribution < -0.4 is 16.4 Å². The van der Waals surface area contributed by atoms with E-state index in [1.54, 1.807) is 24.3 Å². The standard InChI is InChI=1S/C22H20N6O2/c1-13-6-7-14-4-3-5-17(19(14)26-13)28-21-18(23)20(24-12-25-21)27-16-10-8-15(9-11-16)22(29)30-2/h3-12H,23H2,1-2H3,(H2,24,25,27,28). The summed E-state index contributed by atoms with van der Waals surface area (Å²) >= 11 is 0. The van der Waals surface area contributed by atoms with Crippen molar-refractivity contribution < 1.29 is 9.53 Å². The lowest BCUT2D eigenvalue weighted by atomic mass is 10.1. The number of hydrogen-bond acceptors (Lipinski definition) is 8. The average molecular weight is 400 g/mol. The van der Waals surface area contributed by atoms with Gasteiger partial charge >= 0.3 is 5.97 Å². The number of nitrogen functional groups attached to an aromatic ring is 1. The largest absolute Gasteiger partial charge is 0.465 e. The maximum absolute atomic E-state index is 11.6. The summed E-state index contributed by atoms with van der Waals surface area (Å²) in [6.07, 6.45) is 1.42. The first-order valence-corrected chi connectivity index (χ1v) is 9.24. The Hall–Kier alpha value is -4.20. The zero-order valence-electron chi connectivity index (χ0n) is 16.5. The van der Waals surface area contributed by atoms with Gasteiger partial charge in [0.05, 0.1) is 23.9 Å². The fourth-order valence-electron chi connectivity index (χ4n) is 3.01. The van der Waals surface area contributed by atoms with Crippen molar-refractivity contribution in [3.63, 3.8) is 0 Å². The molecule has 4 rings (SSSR count). The van der Waals surface area contributed by atoms with Gasteiger partial charge in [0, 0.05) is 16.8 Å². The molecule has 0 radical (unpaired) electrons. The van der Waals surface area contributed by atoms with Crippen LogP contribution in [0.4, 0.5) is 28.7 Å². The number of aromatic nitrogens is 3. The Labute approximate surface area is 173 Å². The summed E-state index contributed by atoms with van der Waals surface area (Å²) in [5.74, 6) is 0.519. The molecule has 0 atom stereocenters. The summed E-state index contributed by atoms with van der Waals surface area (Å²) in [5.41, 5.74) is 10.4. The van der Waals surface area contributed by atoms with E-state index in [1.807, 2.05) is 37.3 Å². The molecule has 2 aromatic heterocycles. The predicted molar refractivity (Wildman–Crippen MR) is 117 cm³/mol. The van der Waals surface area contributed by atoms with Crippen LogP contribution in [0.25, 0.3) is 10.9 Å². The van der Waals surface area contributed by atoms with E-state index in [0.717, 1.165) is 28.0 Å². The van der Waals surface area contributed by atoms with Gasteiger partial charge in [-0.05, 0) is 43.3 Å². The molecule has 0 aliphatic carbocycles. The first-order chi connectivity index (χ1) is 14.5. The third kappa shape index (κ3) is 3.83. The normalized spacial score (nSPS) is 10.6. The first-order valence-electron chi connectivity index (χ1n) is 9.24. The number of rotatable bonds is 5. The Morgan fingerprint density at radius 2 is 1.70 bits per heavy atom. The van der Waals surface area contributed by atoms with Crippen LogP contribution in [0.1, 0.15) is 16.1 Å². The third-order valence-electron chi connectivity index (χ3n) is 4.57. The van der Waals surface area contributed by atoms with E-state index in [-0.39, 0.29) is 0 Å². The van der Waals surface area contributed by atoms with E-state index in [1.165, 1.54) is 13.4 Å². The Balaban J connectivity index is 1.61. The number of benzene rings is 2. The first kappa shape index (κ1) is 19.1. The van der Waals surface area contributed by atoms with Gasteiger partial charge in [-0.2, -0.15) is 0 Å². The van der Waals surface area contributed by atoms with Crippen molar-refractivity contribution in [1.82, 2.24) is 15.0 Å². The molecule has 150 valence electrons. The molecule has 2 heterocycles. The van der Waals surface area contributed by atoms with E-state index in [9.17, 15) is 4.79 Å². The second kappa shape index (κ2) is 8.04. The Morgan fingerprint density at radius 1 is 0.967 bits per heavy atom. The number of para-hydroxylation sites is 1. The van der Waals surface area contributed by atoms with Crippen molar-refractivity contribution >= 4 is 45.6 Å². The van der Waals surface area contributed by atoms with Gasteiger partial charge in [-0.15, -0.1) is 0 Å². The number of carbonyl (C=O) groups excluding carboxylic acids is 1. The number of carbonyl (C=O) groups is 1. The van der Waals surface area contributed by atoms with E-state index in [4.69, 9.17) is 10.5 Å². The fourth-order valence-corrected chi connectivity index (χ4v) is 3.01. The number of pyridine rings is 1. The summed E-state index contributed by atoms with van der Waals surface area (Å²) in [6, 6.07) is 16.7. The molecule has 0 fully saturated rings. The fraction of sp³-hybridized carbons (Fsp3) is 0.0909. The summed E-state index contributed by atoms with van der Waals surface area (Å²) in [4.78, 5) is 24.7. The smallest absolute Gasteiger partial charge is 0.337 e. The SMILES string of the molecule is COC(=O)c1ccc(Nc2ncnc(Nc3cccc4ccc(C)nc34)c2N)cc1. The van der Waals surface area contributed by atoms with Gasteiger partial charge in [-0.3, -0.25) is 4.98 Å². The minimum atomic E-state index is -0.395. The molecule has 4 N–H and O–H groups in total. The molecule has 8 nitrogen and oxygen atoms in total. The van der Waals surface area contributed by atoms with Crippen LogP contribution in [0, 0.1) is 6.92 Å². The number of fused-ring (bicyclic) bond motifs is 1. The van der Waals surface area contributed by atoms with Crippen molar-refractivity contribution in [2.45, 2.75) is 6.92 Å². The molecule has 0 unspecified atom stereocenters. The highest BCUT2D eigenvalue weighted by Gasteiger charge is 2.12. The number of hydrogen-bond donors (Lipinski definition) is 3. The van der Waals surface area contributed by atoms with Crippen LogP contribution in [0.3, 0.4) is 0 Å². The van der Waals surface area contributed by atoms with E-state index in [2.05, 4.69) is 25.6 Å². The number of aryl methyl sites for hydroxylation is 1. The van der Waals surface area contributed by atoms with Crippen molar-refractivity contribution in [2.75, 3.05) is 23.5 Å². The minimum Gasteiger partial charge on any atom is -0.465 e. The highest BCUT2D eigenvalue weighted by Crippen LogP contribution is 2.30. The quantitative estimate of drug-likeness (QED) is 0.427. The van der Waals surface area contributed by atoms with Gasteiger partial charge in [0.1, 0.15) is 12.0 Å². The molecule has 0 saturated carbocycles. The molecule has 0 amide bonds. The lowest BCUT2D eigenvalue weighted by Crippen LogP contribution is -2.06. The summed E-state index contributed by atoms with van der Waals surface area (Å²) in [7, 11) is 1.34. The van der Waals surface area contributed by atoms with Crippen LogP contribution in [0.5, 0.6) is 0 Å². The van der Waals surface area contributed by atoms with E-state index < -0.39 is 5.97 Å². The molecule has 0 saturated heterocycles. The van der Waals surface area contributed by atoms with Crippen molar-refractivity contribution in [3.8, 4) is 0 Å². The lowest BCUT2D eigenvalue weighted by molar-refractivity contribution is 0.0601. The van der Waals surface area contributed by atoms with Gasteiger partial charge in [0.15, 0.2) is 11.6 Å². The molecular formula is C22H20N6O2. The summed E-state index contributed by atoms with van der Waals surface area (Å²) in [6.45, 7) is 1.95. The molecule has 0 aliphatic heterocycles. The van der Waals surface area contributed by atoms with Crippen LogP contribution in [-0.4, -0.2) is 28.0 Å². The number of esters is 1. The topological polar surface area (TPSA) is 115 Å². The number of nitrogens with one attached hydrogen (secondary N) is 2. The second-order valence-corrected chi connectivity index (χ2v) is 6.63. The number of nitrogens with two attached hydrogens (primary N) is 1. The van der Waals surface area contributed by atoms with Crippen molar-refractivity contribution in [2.24, 2.45) is 0 Å². The number of nitrogens with zero attached hydrogens (tertiary/aromatic N) is 3. The summed E-state index contributed by atoms with van der Waals surface area (Å²) < 4.78 is 4.71. The molecular weight excluding hydrogens is 380 g/mol. The molecule has 30 heavy (non-hydrogen) atoms. The van der Waals surface area contributed by atoms with Gasteiger partial charge in [-0.25, -0.2) is 14.8 Å². The third-order valence-corrected chi connectivity index (χ3v) is 4.57. The van der Waals surface area contributed by atoms with Crippen LogP contribution in [0.15, 0.2) is 60.9 Å². The molecule has 8 heteroatoms. The molecule has 4 aromatic rings. The van der Waals surface area contributed by atoms with E-state index in [0.29, 0.717) is 22.9 Å². The van der Waals surface area contributed by atoms with Crippen LogP contribution in [0.2, 0.25) is 0 Å². The Kier molecular flexibility index (Phi) is 5.13. The van der Waals surface area contributed by atoms with Crippen molar-refractivity contribution in [1.29, 1.82) is 0 Å². The van der Waals surface area contributed by atoms with Gasteiger partial charge < -0.3 is 21.1 Å². The highest BCUT2D eigenvalue weighted by atomic mass is 16.5. The van der Waals surface area contributed by atoms with Crippen LogP contribution >= 0.6 is 0 Å². The molecule has 2 aromatic carbocycles. The second-order valence-electron chi connectivity index (χ2n) is 6.63. The number of anilines is 5. The number of ether oxygens (including phenoxy) is 1. The Morgan fingerprint density at radius 3 is 2.43 bits per heavy atom. The van der Waals surface area contributed by atoms with Crippen LogP contribution in [-0.2, 0) is 4.74 Å². The monoisotopic (exact) mass is 400 g/mol. The molecule has 0 aliphatic rings. The van der Waals surface area contributed by atoms with Gasteiger partial charge in [0.2, 0.25) is 0 Å². The van der Waals surface area contributed by atoms with Gasteiger partial charge in [-0.1, -0.05) is 18.2 Å². The maximum Gasteiger partial charge on any atom is 0.337 e. The minimum absolute atomic E-state index is 0.360. The maximum atomic E-state index is 11.6. The lowest BCUT2D eigenvalue weighted by Gasteiger charge is -2.14. The zero-order chi connectivity index (χ0) is 21.1. The molecule has 0 spiro atoms. The average Bonchev–Trinajstić information content (AvgIpc) is 2.77. The highest BCUT2D eigenvalue weighted by molar-refractivity contribution is 5.94. The summed E-state index contributed by atoms with van der Waals surface area (Å²) in [5, 5.41) is 7.42. The number of methoxy groups -OCH3 is 1.